The topological polar surface area (TPSA) is 40.5 Å². The summed E-state index contributed by atoms with van der Waals surface area (Å²) in [7, 11) is 0. The molecule has 1 heterocycles. The van der Waals surface area contributed by atoms with Crippen LogP contribution in [0, 0.1) is 11.8 Å². The third kappa shape index (κ3) is 4.80. The molecule has 0 bridgehead atoms. The van der Waals surface area contributed by atoms with Crippen LogP contribution in [-0.2, 0) is 11.2 Å². The number of carbonyl (C=O) groups is 1. The Morgan fingerprint density at radius 3 is 2.46 bits per heavy atom. The van der Waals surface area contributed by atoms with Crippen molar-refractivity contribution in [2.45, 2.75) is 51.3 Å². The third-order valence-corrected chi connectivity index (χ3v) is 5.95. The number of hydrogen-bond donors (Lipinski definition) is 1. The van der Waals surface area contributed by atoms with Gasteiger partial charge in [0.2, 0.25) is 0 Å². The van der Waals surface area contributed by atoms with Crippen molar-refractivity contribution < 1.29 is 14.3 Å². The first-order chi connectivity index (χ1) is 12.3. The zero-order chi connectivity index (χ0) is 18.7. The first-order valence-electron chi connectivity index (χ1n) is 9.65. The van der Waals surface area contributed by atoms with Crippen LogP contribution in [0.15, 0.2) is 42.0 Å². The van der Waals surface area contributed by atoms with Crippen molar-refractivity contribution in [2.24, 2.45) is 11.8 Å². The maximum absolute atomic E-state index is 13.5. The highest BCUT2D eigenvalue weighted by Gasteiger charge is 2.47. The van der Waals surface area contributed by atoms with Crippen LogP contribution in [0.2, 0.25) is 0 Å². The van der Waals surface area contributed by atoms with E-state index in [9.17, 15) is 14.3 Å². The van der Waals surface area contributed by atoms with Crippen molar-refractivity contribution in [3.8, 4) is 0 Å². The molecule has 4 heteroatoms. The number of aliphatic hydroxyl groups is 1. The lowest BCUT2D eigenvalue weighted by Crippen LogP contribution is -2.32. The molecular weight excluding hydrogens is 329 g/mol. The van der Waals surface area contributed by atoms with Crippen molar-refractivity contribution in [3.63, 3.8) is 0 Å². The molecule has 0 aromatic heterocycles. The lowest BCUT2D eigenvalue weighted by atomic mass is 9.91. The van der Waals surface area contributed by atoms with E-state index in [2.05, 4.69) is 17.0 Å². The molecule has 2 fully saturated rings. The van der Waals surface area contributed by atoms with Crippen LogP contribution in [0.3, 0.4) is 0 Å². The summed E-state index contributed by atoms with van der Waals surface area (Å²) in [5, 5.41) is 11.0. The minimum absolute atomic E-state index is 0.433. The van der Waals surface area contributed by atoms with Crippen LogP contribution in [0.1, 0.15) is 38.7 Å². The second-order valence-corrected chi connectivity index (χ2v) is 8.35. The molecule has 3 unspecified atom stereocenters. The summed E-state index contributed by atoms with van der Waals surface area (Å²) in [6.45, 7) is 6.11. The molecule has 0 amide bonds. The summed E-state index contributed by atoms with van der Waals surface area (Å²) in [5.74, 6) is 0.677. The van der Waals surface area contributed by atoms with Crippen LogP contribution in [0.5, 0.6) is 0 Å². The third-order valence-electron chi connectivity index (χ3n) is 5.95. The van der Waals surface area contributed by atoms with E-state index >= 15 is 0 Å². The van der Waals surface area contributed by atoms with E-state index in [1.54, 1.807) is 0 Å². The van der Waals surface area contributed by atoms with Gasteiger partial charge in [0.1, 0.15) is 0 Å². The van der Waals surface area contributed by atoms with Gasteiger partial charge in [-0.1, -0.05) is 35.9 Å². The minimum Gasteiger partial charge on any atom is -0.390 e. The van der Waals surface area contributed by atoms with Gasteiger partial charge in [-0.2, -0.15) is 0 Å². The Bertz CT molecular complexity index is 643. The fourth-order valence-electron chi connectivity index (χ4n) is 4.65. The lowest BCUT2D eigenvalue weighted by molar-refractivity contribution is -0.120. The van der Waals surface area contributed by atoms with Gasteiger partial charge in [-0.25, -0.2) is 4.39 Å². The summed E-state index contributed by atoms with van der Waals surface area (Å²) >= 11 is 0. The van der Waals surface area contributed by atoms with Crippen LogP contribution < -0.4 is 0 Å². The van der Waals surface area contributed by atoms with Gasteiger partial charge in [0.25, 0.3) is 0 Å². The van der Waals surface area contributed by atoms with Gasteiger partial charge in [0.15, 0.2) is 12.0 Å². The number of carbonyl (C=O) groups excluding carboxylic acids is 1. The summed E-state index contributed by atoms with van der Waals surface area (Å²) in [5.41, 5.74) is 1.57. The monoisotopic (exact) mass is 359 g/mol. The molecule has 1 saturated carbocycles. The van der Waals surface area contributed by atoms with E-state index in [0.717, 1.165) is 50.9 Å². The smallest absolute Gasteiger partial charge is 0.176 e. The Labute approximate surface area is 155 Å². The number of allylic oxidation sites excluding steroid dienone is 1. The van der Waals surface area contributed by atoms with Gasteiger partial charge in [0.05, 0.1) is 5.60 Å². The molecule has 0 spiro atoms. The normalized spacial score (nSPS) is 30.4. The first-order valence-corrected chi connectivity index (χ1v) is 9.65. The van der Waals surface area contributed by atoms with Gasteiger partial charge in [-0.3, -0.25) is 4.79 Å². The zero-order valence-corrected chi connectivity index (χ0v) is 15.8. The number of nitrogens with zero attached hydrogens (tertiary/aromatic N) is 1. The number of alkyl halides is 1. The van der Waals surface area contributed by atoms with Crippen molar-refractivity contribution >= 4 is 5.78 Å². The van der Waals surface area contributed by atoms with Crippen molar-refractivity contribution in [3.05, 3.63) is 47.5 Å². The van der Waals surface area contributed by atoms with E-state index in [4.69, 9.17) is 0 Å². The molecule has 1 aliphatic heterocycles. The van der Waals surface area contributed by atoms with E-state index in [0.29, 0.717) is 11.8 Å². The van der Waals surface area contributed by atoms with Crippen molar-refractivity contribution in [2.75, 3.05) is 19.6 Å². The summed E-state index contributed by atoms with van der Waals surface area (Å²) in [4.78, 5) is 13.4. The number of ketones is 1. The molecule has 3 atom stereocenters. The number of Topliss-reactive ketones (excluding diaryl/α,β-unsaturated/α-hetero) is 1. The predicted octanol–water partition coefficient (Wildman–Crippen LogP) is 3.57. The Hall–Kier alpha value is -1.52. The second-order valence-electron chi connectivity index (χ2n) is 8.35. The minimum atomic E-state index is -1.47. The summed E-state index contributed by atoms with van der Waals surface area (Å²) in [6, 6.07) is 10.2. The molecule has 1 aromatic carbocycles. The molecule has 26 heavy (non-hydrogen) atoms. The molecule has 0 radical (unpaired) electrons. The molecule has 1 aliphatic carbocycles. The first kappa shape index (κ1) is 19.2. The molecule has 3 rings (SSSR count). The average molecular weight is 359 g/mol. The van der Waals surface area contributed by atoms with Gasteiger partial charge in [-0.15, -0.1) is 0 Å². The summed E-state index contributed by atoms with van der Waals surface area (Å²) in [6.07, 6.45) is 3.25. The van der Waals surface area contributed by atoms with Gasteiger partial charge < -0.3 is 10.0 Å². The Balaban J connectivity index is 1.47. The van der Waals surface area contributed by atoms with Gasteiger partial charge in [0, 0.05) is 26.1 Å². The number of halogens is 1. The highest BCUT2D eigenvalue weighted by molar-refractivity contribution is 5.82. The van der Waals surface area contributed by atoms with E-state index in [-0.39, 0.29) is 0 Å². The molecule has 1 N–H and O–H groups in total. The van der Waals surface area contributed by atoms with E-state index < -0.39 is 17.6 Å². The Kier molecular flexibility index (Phi) is 5.93. The largest absolute Gasteiger partial charge is 0.390 e. The van der Waals surface area contributed by atoms with E-state index in [1.165, 1.54) is 18.6 Å². The fraction of sp³-hybridized carbons (Fsp3) is 0.591. The zero-order valence-electron chi connectivity index (χ0n) is 15.8. The SMILES string of the molecule is CC(=O)C(F)/C=C(\C)CCN1CC2CC(O)(Cc3ccccc3)CC2C1. The second kappa shape index (κ2) is 8.01. The molecule has 2 aliphatic rings. The van der Waals surface area contributed by atoms with Gasteiger partial charge >= 0.3 is 0 Å². The number of rotatable bonds is 7. The molecular formula is C22H30FNO2. The maximum Gasteiger partial charge on any atom is 0.176 e. The molecule has 1 aromatic rings. The van der Waals surface area contributed by atoms with Crippen LogP contribution in [0.25, 0.3) is 0 Å². The highest BCUT2D eigenvalue weighted by Crippen LogP contribution is 2.45. The quantitative estimate of drug-likeness (QED) is 0.757. The molecule has 1 saturated heterocycles. The predicted molar refractivity (Wildman–Crippen MR) is 102 cm³/mol. The maximum atomic E-state index is 13.5. The van der Waals surface area contributed by atoms with E-state index in [1.807, 2.05) is 25.1 Å². The highest BCUT2D eigenvalue weighted by atomic mass is 19.1. The van der Waals surface area contributed by atoms with Gasteiger partial charge in [-0.05, 0) is 56.6 Å². The number of hydrogen-bond acceptors (Lipinski definition) is 3. The van der Waals surface area contributed by atoms with Crippen LogP contribution in [0.4, 0.5) is 4.39 Å². The summed E-state index contributed by atoms with van der Waals surface area (Å²) < 4.78 is 13.5. The Morgan fingerprint density at radius 2 is 1.88 bits per heavy atom. The van der Waals surface area contributed by atoms with Crippen molar-refractivity contribution in [1.82, 2.24) is 4.90 Å². The lowest BCUT2D eigenvalue weighted by Gasteiger charge is -2.26. The number of likely N-dealkylation sites (tertiary alicyclic amines) is 1. The Morgan fingerprint density at radius 1 is 1.27 bits per heavy atom. The standard InChI is InChI=1S/C22H30FNO2/c1-16(10-21(23)17(2)25)8-9-24-14-19-12-22(26,13-20(19)15-24)11-18-6-4-3-5-7-18/h3-7,10,19-21,26H,8-9,11-15H2,1-2H3/b16-10+. The van der Waals surface area contributed by atoms with Crippen LogP contribution in [-0.4, -0.2) is 47.2 Å². The fourth-order valence-corrected chi connectivity index (χ4v) is 4.65. The van der Waals surface area contributed by atoms with Crippen LogP contribution >= 0.6 is 0 Å². The number of benzene rings is 1. The molecule has 142 valence electrons. The average Bonchev–Trinajstić information content (AvgIpc) is 3.07. The molecule has 3 nitrogen and oxygen atoms in total. The van der Waals surface area contributed by atoms with Crippen molar-refractivity contribution in [1.29, 1.82) is 0 Å². The number of fused-ring (bicyclic) bond motifs is 1.